The number of aliphatic hydroxyl groups is 1. The Morgan fingerprint density at radius 2 is 1.67 bits per heavy atom. The summed E-state index contributed by atoms with van der Waals surface area (Å²) in [5, 5.41) is 11.0. The molecule has 1 aliphatic heterocycles. The van der Waals surface area contributed by atoms with E-state index in [9.17, 15) is 19.1 Å². The molecule has 5 nitrogen and oxygen atoms in total. The molecule has 1 heterocycles. The molecule has 33 heavy (non-hydrogen) atoms. The fourth-order valence-electron chi connectivity index (χ4n) is 3.83. The maximum Gasteiger partial charge on any atom is 0.295 e. The number of Topliss-reactive ketones (excluding diaryl/α,β-unsaturated/α-hetero) is 1. The zero-order valence-electron chi connectivity index (χ0n) is 17.8. The number of aliphatic hydroxyl groups excluding tert-OH is 1. The van der Waals surface area contributed by atoms with Crippen molar-refractivity contribution in [2.45, 2.75) is 12.6 Å². The standard InChI is InChI=1S/C27H22FNO4/c1-2-16-33-22-14-10-19(11-15-22)24-23(25(30)20-8-12-21(28)13-9-20)26(31)27(32)29(24)17-18-6-4-3-5-7-18/h2-15,24,30H,1,16-17H2/b25-23+. The van der Waals surface area contributed by atoms with Gasteiger partial charge >= 0.3 is 0 Å². The Balaban J connectivity index is 1.80. The number of nitrogens with zero attached hydrogens (tertiary/aromatic N) is 1. The van der Waals surface area contributed by atoms with Gasteiger partial charge in [-0.2, -0.15) is 0 Å². The molecule has 1 saturated heterocycles. The molecule has 0 aliphatic carbocycles. The largest absolute Gasteiger partial charge is 0.507 e. The normalized spacial score (nSPS) is 17.2. The second-order valence-electron chi connectivity index (χ2n) is 7.59. The van der Waals surface area contributed by atoms with Crippen molar-refractivity contribution in [1.29, 1.82) is 0 Å². The number of carbonyl (C=O) groups excluding carboxylic acids is 2. The van der Waals surface area contributed by atoms with Crippen LogP contribution in [0.25, 0.3) is 5.76 Å². The highest BCUT2D eigenvalue weighted by Crippen LogP contribution is 2.40. The van der Waals surface area contributed by atoms with E-state index in [1.165, 1.54) is 29.2 Å². The van der Waals surface area contributed by atoms with Gasteiger partial charge in [0.2, 0.25) is 0 Å². The number of rotatable bonds is 7. The van der Waals surface area contributed by atoms with E-state index in [1.54, 1.807) is 30.3 Å². The van der Waals surface area contributed by atoms with Crippen LogP contribution in [0.3, 0.4) is 0 Å². The van der Waals surface area contributed by atoms with Crippen molar-refractivity contribution in [3.05, 3.63) is 120 Å². The molecule has 1 fully saturated rings. The summed E-state index contributed by atoms with van der Waals surface area (Å²) in [4.78, 5) is 27.5. The Morgan fingerprint density at radius 3 is 2.30 bits per heavy atom. The van der Waals surface area contributed by atoms with Gasteiger partial charge in [0.15, 0.2) is 0 Å². The SMILES string of the molecule is C=CCOc1ccc(C2/C(=C(\O)c3ccc(F)cc3)C(=O)C(=O)N2Cc2ccccc2)cc1. The lowest BCUT2D eigenvalue weighted by atomic mass is 9.95. The summed E-state index contributed by atoms with van der Waals surface area (Å²) in [6.07, 6.45) is 1.63. The third-order valence-electron chi connectivity index (χ3n) is 5.42. The minimum absolute atomic E-state index is 0.0395. The summed E-state index contributed by atoms with van der Waals surface area (Å²) >= 11 is 0. The first-order chi connectivity index (χ1) is 16.0. The average molecular weight is 443 g/mol. The number of benzene rings is 3. The van der Waals surface area contributed by atoms with E-state index in [2.05, 4.69) is 6.58 Å². The van der Waals surface area contributed by atoms with E-state index < -0.39 is 23.5 Å². The average Bonchev–Trinajstić information content (AvgIpc) is 3.08. The topological polar surface area (TPSA) is 66.8 Å². The molecule has 3 aromatic carbocycles. The molecular weight excluding hydrogens is 421 g/mol. The molecule has 6 heteroatoms. The first-order valence-electron chi connectivity index (χ1n) is 10.4. The second-order valence-corrected chi connectivity index (χ2v) is 7.59. The van der Waals surface area contributed by atoms with E-state index in [1.807, 2.05) is 30.3 Å². The Bertz CT molecular complexity index is 1200. The van der Waals surface area contributed by atoms with Gasteiger partial charge in [-0.05, 0) is 47.5 Å². The monoisotopic (exact) mass is 443 g/mol. The van der Waals surface area contributed by atoms with Gasteiger partial charge in [0.05, 0.1) is 11.6 Å². The van der Waals surface area contributed by atoms with E-state index >= 15 is 0 Å². The van der Waals surface area contributed by atoms with Crippen LogP contribution < -0.4 is 4.74 Å². The first kappa shape index (κ1) is 22.0. The van der Waals surface area contributed by atoms with Crippen molar-refractivity contribution in [2.24, 2.45) is 0 Å². The lowest BCUT2D eigenvalue weighted by molar-refractivity contribution is -0.140. The quantitative estimate of drug-likeness (QED) is 0.241. The van der Waals surface area contributed by atoms with Crippen molar-refractivity contribution in [3.8, 4) is 5.75 Å². The molecule has 1 atom stereocenters. The Kier molecular flexibility index (Phi) is 6.36. The molecule has 0 spiro atoms. The van der Waals surface area contributed by atoms with Crippen molar-refractivity contribution in [3.63, 3.8) is 0 Å². The highest BCUT2D eigenvalue weighted by molar-refractivity contribution is 6.46. The van der Waals surface area contributed by atoms with Crippen LogP contribution in [0.15, 0.2) is 97.1 Å². The molecule has 4 rings (SSSR count). The molecule has 1 aliphatic rings. The summed E-state index contributed by atoms with van der Waals surface area (Å²) in [5.41, 5.74) is 1.70. The number of ketones is 1. The molecular formula is C27H22FNO4. The second kappa shape index (κ2) is 9.53. The first-order valence-corrected chi connectivity index (χ1v) is 10.4. The molecule has 1 unspecified atom stereocenters. The van der Waals surface area contributed by atoms with Gasteiger partial charge in [0.25, 0.3) is 11.7 Å². The Labute approximate surface area is 191 Å². The highest BCUT2D eigenvalue weighted by Gasteiger charge is 2.46. The summed E-state index contributed by atoms with van der Waals surface area (Å²) < 4.78 is 18.9. The third-order valence-corrected chi connectivity index (χ3v) is 5.42. The predicted octanol–water partition coefficient (Wildman–Crippen LogP) is 5.01. The van der Waals surface area contributed by atoms with E-state index in [-0.39, 0.29) is 23.4 Å². The van der Waals surface area contributed by atoms with Crippen LogP contribution in [-0.4, -0.2) is 28.3 Å². The molecule has 0 saturated carbocycles. The zero-order chi connectivity index (χ0) is 23.4. The molecule has 0 aromatic heterocycles. The maximum atomic E-state index is 13.4. The number of likely N-dealkylation sites (tertiary alicyclic amines) is 1. The van der Waals surface area contributed by atoms with Crippen LogP contribution in [0.4, 0.5) is 4.39 Å². The van der Waals surface area contributed by atoms with Gasteiger partial charge in [-0.25, -0.2) is 4.39 Å². The molecule has 166 valence electrons. The van der Waals surface area contributed by atoms with Gasteiger partial charge in [-0.3, -0.25) is 9.59 Å². The maximum absolute atomic E-state index is 13.4. The van der Waals surface area contributed by atoms with Gasteiger partial charge in [0.1, 0.15) is 23.9 Å². The van der Waals surface area contributed by atoms with Gasteiger partial charge < -0.3 is 14.7 Å². The van der Waals surface area contributed by atoms with Crippen LogP contribution in [0.1, 0.15) is 22.7 Å². The van der Waals surface area contributed by atoms with Gasteiger partial charge in [0, 0.05) is 12.1 Å². The van der Waals surface area contributed by atoms with Crippen LogP contribution in [0.2, 0.25) is 0 Å². The van der Waals surface area contributed by atoms with Crippen LogP contribution in [0, 0.1) is 5.82 Å². The molecule has 3 aromatic rings. The highest BCUT2D eigenvalue weighted by atomic mass is 19.1. The molecule has 1 N–H and O–H groups in total. The summed E-state index contributed by atoms with van der Waals surface area (Å²) in [5.74, 6) is -1.70. The minimum Gasteiger partial charge on any atom is -0.507 e. The minimum atomic E-state index is -0.816. The Morgan fingerprint density at radius 1 is 1.00 bits per heavy atom. The van der Waals surface area contributed by atoms with E-state index in [0.717, 1.165) is 5.56 Å². The number of carbonyl (C=O) groups is 2. The third kappa shape index (κ3) is 4.55. The summed E-state index contributed by atoms with van der Waals surface area (Å²) in [6.45, 7) is 4.15. The summed E-state index contributed by atoms with van der Waals surface area (Å²) in [6, 6.07) is 20.6. The number of hydrogen-bond donors (Lipinski definition) is 1. The molecule has 0 radical (unpaired) electrons. The fraction of sp³-hybridized carbons (Fsp3) is 0.111. The van der Waals surface area contributed by atoms with E-state index in [0.29, 0.717) is 17.9 Å². The van der Waals surface area contributed by atoms with Crippen molar-refractivity contribution in [2.75, 3.05) is 6.61 Å². The van der Waals surface area contributed by atoms with Gasteiger partial charge in [-0.1, -0.05) is 55.1 Å². The fourth-order valence-corrected chi connectivity index (χ4v) is 3.83. The number of hydrogen-bond acceptors (Lipinski definition) is 4. The van der Waals surface area contributed by atoms with Crippen LogP contribution >= 0.6 is 0 Å². The van der Waals surface area contributed by atoms with E-state index in [4.69, 9.17) is 4.74 Å². The lowest BCUT2D eigenvalue weighted by Gasteiger charge is -2.25. The smallest absolute Gasteiger partial charge is 0.295 e. The molecule has 0 bridgehead atoms. The lowest BCUT2D eigenvalue weighted by Crippen LogP contribution is -2.29. The van der Waals surface area contributed by atoms with Crippen molar-refractivity contribution in [1.82, 2.24) is 4.90 Å². The number of ether oxygens (including phenoxy) is 1. The van der Waals surface area contributed by atoms with Crippen molar-refractivity contribution >= 4 is 17.4 Å². The van der Waals surface area contributed by atoms with Crippen LogP contribution in [-0.2, 0) is 16.1 Å². The molecule has 1 amide bonds. The number of amides is 1. The predicted molar refractivity (Wildman–Crippen MR) is 123 cm³/mol. The van der Waals surface area contributed by atoms with Crippen LogP contribution in [0.5, 0.6) is 5.75 Å². The van der Waals surface area contributed by atoms with Gasteiger partial charge in [-0.15, -0.1) is 0 Å². The summed E-state index contributed by atoms with van der Waals surface area (Å²) in [7, 11) is 0. The van der Waals surface area contributed by atoms with Crippen molar-refractivity contribution < 1.29 is 23.8 Å². The number of halogens is 1. The Hall–Kier alpha value is -4.19. The zero-order valence-corrected chi connectivity index (χ0v) is 17.8.